The maximum atomic E-state index is 4.98. The van der Waals surface area contributed by atoms with E-state index in [0.29, 0.717) is 4.75 Å². The number of rotatable bonds is 5. The highest BCUT2D eigenvalue weighted by Crippen LogP contribution is 2.19. The molecule has 1 aromatic rings. The van der Waals surface area contributed by atoms with Crippen molar-refractivity contribution in [2.24, 2.45) is 0 Å². The Morgan fingerprint density at radius 1 is 1.54 bits per heavy atom. The van der Waals surface area contributed by atoms with Crippen LogP contribution in [0.25, 0.3) is 0 Å². The van der Waals surface area contributed by atoms with Crippen LogP contribution in [0.1, 0.15) is 19.4 Å². The molecular weight excluding hydrogens is 182 g/mol. The summed E-state index contributed by atoms with van der Waals surface area (Å²) in [6, 6.07) is 1.99. The zero-order valence-electron chi connectivity index (χ0n) is 8.46. The molecule has 0 saturated heterocycles. The molecule has 0 unspecified atom stereocenters. The van der Waals surface area contributed by atoms with Crippen molar-refractivity contribution >= 4 is 11.8 Å². The molecule has 1 rings (SSSR count). The van der Waals surface area contributed by atoms with Gasteiger partial charge >= 0.3 is 0 Å². The lowest BCUT2D eigenvalue weighted by Crippen LogP contribution is -2.31. The van der Waals surface area contributed by atoms with Gasteiger partial charge in [0.05, 0.1) is 12.5 Å². The topological polar surface area (TPSA) is 25.2 Å². The molecule has 1 heterocycles. The Morgan fingerprint density at radius 3 is 2.85 bits per heavy atom. The van der Waals surface area contributed by atoms with Crippen molar-refractivity contribution in [3.05, 3.63) is 24.2 Å². The average Bonchev–Trinajstić information content (AvgIpc) is 2.57. The Morgan fingerprint density at radius 2 is 2.31 bits per heavy atom. The SMILES string of the molecule is CSC(C)(C)CNCc1ccoc1. The van der Waals surface area contributed by atoms with Crippen LogP contribution >= 0.6 is 11.8 Å². The fourth-order valence-electron chi connectivity index (χ4n) is 0.973. The molecule has 0 spiro atoms. The number of furan rings is 1. The molecule has 13 heavy (non-hydrogen) atoms. The molecule has 0 bridgehead atoms. The summed E-state index contributed by atoms with van der Waals surface area (Å²) < 4.78 is 5.29. The third-order valence-corrected chi connectivity index (χ3v) is 3.26. The van der Waals surface area contributed by atoms with Gasteiger partial charge in [0.15, 0.2) is 0 Å². The van der Waals surface area contributed by atoms with Crippen LogP contribution in [0.5, 0.6) is 0 Å². The van der Waals surface area contributed by atoms with Crippen LogP contribution in [-0.2, 0) is 6.54 Å². The van der Waals surface area contributed by atoms with Crippen molar-refractivity contribution in [3.8, 4) is 0 Å². The van der Waals surface area contributed by atoms with E-state index in [9.17, 15) is 0 Å². The average molecular weight is 199 g/mol. The van der Waals surface area contributed by atoms with Crippen molar-refractivity contribution in [3.63, 3.8) is 0 Å². The van der Waals surface area contributed by atoms with E-state index in [1.807, 2.05) is 17.8 Å². The smallest absolute Gasteiger partial charge is 0.0947 e. The number of hydrogen-bond acceptors (Lipinski definition) is 3. The predicted octanol–water partition coefficient (Wildman–Crippen LogP) is 2.51. The molecule has 0 aliphatic carbocycles. The first-order valence-electron chi connectivity index (χ1n) is 4.41. The lowest BCUT2D eigenvalue weighted by molar-refractivity contribution is 0.554. The molecule has 0 radical (unpaired) electrons. The van der Waals surface area contributed by atoms with Crippen LogP contribution in [0.3, 0.4) is 0 Å². The van der Waals surface area contributed by atoms with Gasteiger partial charge in [-0.25, -0.2) is 0 Å². The van der Waals surface area contributed by atoms with E-state index >= 15 is 0 Å². The second-order valence-electron chi connectivity index (χ2n) is 3.70. The van der Waals surface area contributed by atoms with Gasteiger partial charge in [0.25, 0.3) is 0 Å². The minimum atomic E-state index is 0.309. The van der Waals surface area contributed by atoms with Gasteiger partial charge in [0.1, 0.15) is 0 Å². The Balaban J connectivity index is 2.21. The van der Waals surface area contributed by atoms with Crippen molar-refractivity contribution in [2.45, 2.75) is 25.1 Å². The Bertz CT molecular complexity index is 231. The largest absolute Gasteiger partial charge is 0.472 e. The van der Waals surface area contributed by atoms with E-state index in [1.54, 1.807) is 12.5 Å². The third kappa shape index (κ3) is 3.87. The molecule has 74 valence electrons. The lowest BCUT2D eigenvalue weighted by atomic mass is 10.2. The maximum absolute atomic E-state index is 4.98. The quantitative estimate of drug-likeness (QED) is 0.789. The first kappa shape index (κ1) is 10.7. The van der Waals surface area contributed by atoms with Crippen LogP contribution in [0.2, 0.25) is 0 Å². The summed E-state index contributed by atoms with van der Waals surface area (Å²) in [6.07, 6.45) is 5.62. The van der Waals surface area contributed by atoms with Gasteiger partial charge in [-0.3, -0.25) is 0 Å². The predicted molar refractivity (Wildman–Crippen MR) is 58.0 cm³/mol. The minimum absolute atomic E-state index is 0.309. The number of nitrogens with one attached hydrogen (secondary N) is 1. The summed E-state index contributed by atoms with van der Waals surface area (Å²) >= 11 is 1.88. The van der Waals surface area contributed by atoms with Gasteiger partial charge in [-0.1, -0.05) is 0 Å². The van der Waals surface area contributed by atoms with Crippen molar-refractivity contribution in [1.82, 2.24) is 5.32 Å². The van der Waals surface area contributed by atoms with Crippen LogP contribution in [0, 0.1) is 0 Å². The fourth-order valence-corrected chi connectivity index (χ4v) is 1.22. The van der Waals surface area contributed by atoms with Crippen LogP contribution in [-0.4, -0.2) is 17.5 Å². The summed E-state index contributed by atoms with van der Waals surface area (Å²) in [6.45, 7) is 6.37. The molecule has 1 aromatic heterocycles. The number of hydrogen-bond donors (Lipinski definition) is 1. The molecule has 0 aromatic carbocycles. The van der Waals surface area contributed by atoms with Gasteiger partial charge in [-0.05, 0) is 26.2 Å². The molecule has 0 atom stereocenters. The van der Waals surface area contributed by atoms with Gasteiger partial charge in [0.2, 0.25) is 0 Å². The Kier molecular flexibility index (Phi) is 3.88. The van der Waals surface area contributed by atoms with E-state index < -0.39 is 0 Å². The van der Waals surface area contributed by atoms with E-state index in [2.05, 4.69) is 25.4 Å². The highest BCUT2D eigenvalue weighted by molar-refractivity contribution is 7.99. The summed E-state index contributed by atoms with van der Waals surface area (Å²) in [4.78, 5) is 0. The lowest BCUT2D eigenvalue weighted by Gasteiger charge is -2.22. The van der Waals surface area contributed by atoms with E-state index in [1.165, 1.54) is 5.56 Å². The molecule has 1 N–H and O–H groups in total. The van der Waals surface area contributed by atoms with Gasteiger partial charge in [-0.2, -0.15) is 11.8 Å². The van der Waals surface area contributed by atoms with Gasteiger partial charge in [-0.15, -0.1) is 0 Å². The van der Waals surface area contributed by atoms with Crippen molar-refractivity contribution < 1.29 is 4.42 Å². The first-order valence-corrected chi connectivity index (χ1v) is 5.63. The zero-order valence-corrected chi connectivity index (χ0v) is 9.28. The maximum Gasteiger partial charge on any atom is 0.0947 e. The van der Waals surface area contributed by atoms with Gasteiger partial charge in [0, 0.05) is 23.4 Å². The van der Waals surface area contributed by atoms with E-state index in [-0.39, 0.29) is 0 Å². The van der Waals surface area contributed by atoms with Crippen LogP contribution < -0.4 is 5.32 Å². The molecular formula is C10H17NOS. The third-order valence-electron chi connectivity index (χ3n) is 2.01. The highest BCUT2D eigenvalue weighted by atomic mass is 32.2. The summed E-state index contributed by atoms with van der Waals surface area (Å²) in [5, 5.41) is 3.40. The fraction of sp³-hybridized carbons (Fsp3) is 0.600. The molecule has 0 aliphatic heterocycles. The number of thioether (sulfide) groups is 1. The minimum Gasteiger partial charge on any atom is -0.472 e. The Hall–Kier alpha value is -0.410. The Labute approximate surface area is 84.1 Å². The normalized spacial score (nSPS) is 11.9. The van der Waals surface area contributed by atoms with Crippen LogP contribution in [0.4, 0.5) is 0 Å². The monoisotopic (exact) mass is 199 g/mol. The first-order chi connectivity index (χ1) is 6.14. The van der Waals surface area contributed by atoms with E-state index in [0.717, 1.165) is 13.1 Å². The summed E-state index contributed by atoms with van der Waals surface area (Å²) in [5.74, 6) is 0. The van der Waals surface area contributed by atoms with Crippen LogP contribution in [0.15, 0.2) is 23.0 Å². The highest BCUT2D eigenvalue weighted by Gasteiger charge is 2.14. The zero-order chi connectivity index (χ0) is 9.73. The second kappa shape index (κ2) is 4.72. The molecule has 2 nitrogen and oxygen atoms in total. The standard InChI is InChI=1S/C10H17NOS/c1-10(2,13-3)8-11-6-9-4-5-12-7-9/h4-5,7,11H,6,8H2,1-3H3. The van der Waals surface area contributed by atoms with Crippen molar-refractivity contribution in [2.75, 3.05) is 12.8 Å². The van der Waals surface area contributed by atoms with Crippen molar-refractivity contribution in [1.29, 1.82) is 0 Å². The molecule has 3 heteroatoms. The molecule has 0 aliphatic rings. The molecule has 0 saturated carbocycles. The van der Waals surface area contributed by atoms with Gasteiger partial charge < -0.3 is 9.73 Å². The molecule has 0 amide bonds. The summed E-state index contributed by atoms with van der Waals surface area (Å²) in [5.41, 5.74) is 1.21. The summed E-state index contributed by atoms with van der Waals surface area (Å²) in [7, 11) is 0. The second-order valence-corrected chi connectivity index (χ2v) is 5.21. The molecule has 0 fully saturated rings. The van der Waals surface area contributed by atoms with E-state index in [4.69, 9.17) is 4.42 Å².